The van der Waals surface area contributed by atoms with Crippen molar-refractivity contribution in [1.29, 1.82) is 0 Å². The molecule has 0 saturated heterocycles. The third-order valence-electron chi connectivity index (χ3n) is 3.30. The fourth-order valence-electron chi connectivity index (χ4n) is 2.03. The van der Waals surface area contributed by atoms with Crippen molar-refractivity contribution in [3.05, 3.63) is 47.5 Å². The lowest BCUT2D eigenvalue weighted by Gasteiger charge is -2.12. The van der Waals surface area contributed by atoms with Crippen molar-refractivity contribution in [2.45, 2.75) is 20.4 Å². The molecular formula is C15H21N3O. The van der Waals surface area contributed by atoms with Crippen molar-refractivity contribution in [2.24, 2.45) is 0 Å². The molecule has 0 saturated carbocycles. The molecule has 0 amide bonds. The molecule has 1 heterocycles. The Hall–Kier alpha value is -1.65. The Kier molecular flexibility index (Phi) is 4.71. The number of nitrogens with one attached hydrogen (secondary N) is 1. The number of ether oxygens (including phenoxy) is 1. The first-order chi connectivity index (χ1) is 9.24. The fourth-order valence-corrected chi connectivity index (χ4v) is 2.03. The Morgan fingerprint density at radius 3 is 2.74 bits per heavy atom. The number of hydrogen-bond donors (Lipinski definition) is 1. The van der Waals surface area contributed by atoms with E-state index in [0.29, 0.717) is 0 Å². The molecule has 1 N–H and O–H groups in total. The Labute approximate surface area is 114 Å². The number of methoxy groups -OCH3 is 1. The predicted octanol–water partition coefficient (Wildman–Crippen LogP) is 2.23. The van der Waals surface area contributed by atoms with Crippen LogP contribution in [0, 0.1) is 13.8 Å². The van der Waals surface area contributed by atoms with Gasteiger partial charge in [-0.15, -0.1) is 0 Å². The normalized spacial score (nSPS) is 10.9. The number of imidazole rings is 1. The van der Waals surface area contributed by atoms with E-state index in [9.17, 15) is 0 Å². The van der Waals surface area contributed by atoms with E-state index < -0.39 is 0 Å². The highest BCUT2D eigenvalue weighted by Crippen LogP contribution is 2.18. The van der Waals surface area contributed by atoms with Crippen molar-refractivity contribution in [3.8, 4) is 5.69 Å². The molecule has 0 atom stereocenters. The molecule has 0 aliphatic rings. The summed E-state index contributed by atoms with van der Waals surface area (Å²) in [5.74, 6) is 0. The molecule has 0 fully saturated rings. The average Bonchev–Trinajstić information content (AvgIpc) is 2.76. The van der Waals surface area contributed by atoms with Crippen LogP contribution in [0.3, 0.4) is 0 Å². The van der Waals surface area contributed by atoms with E-state index in [-0.39, 0.29) is 0 Å². The highest BCUT2D eigenvalue weighted by molar-refractivity contribution is 5.42. The Balaban J connectivity index is 2.19. The lowest BCUT2D eigenvalue weighted by atomic mass is 10.1. The maximum atomic E-state index is 5.04. The van der Waals surface area contributed by atoms with E-state index in [0.717, 1.165) is 25.4 Å². The molecule has 1 aromatic heterocycles. The molecule has 2 rings (SSSR count). The lowest BCUT2D eigenvalue weighted by Crippen LogP contribution is -2.19. The summed E-state index contributed by atoms with van der Waals surface area (Å²) in [6.07, 6.45) is 1.89. The van der Waals surface area contributed by atoms with Crippen LogP contribution >= 0.6 is 0 Å². The monoisotopic (exact) mass is 259 g/mol. The highest BCUT2D eigenvalue weighted by Gasteiger charge is 2.08. The summed E-state index contributed by atoms with van der Waals surface area (Å²) in [7, 11) is 1.72. The van der Waals surface area contributed by atoms with Gasteiger partial charge in [-0.3, -0.25) is 0 Å². The molecule has 19 heavy (non-hydrogen) atoms. The molecule has 0 unspecified atom stereocenters. The van der Waals surface area contributed by atoms with Gasteiger partial charge in [0.25, 0.3) is 0 Å². The SMILES string of the molecule is COCCNCc1ccccc1-n1cnc(C)c1C. The average molecular weight is 259 g/mol. The number of aromatic nitrogens is 2. The van der Waals surface area contributed by atoms with Gasteiger partial charge in [0.15, 0.2) is 0 Å². The van der Waals surface area contributed by atoms with Crippen molar-refractivity contribution in [2.75, 3.05) is 20.3 Å². The summed E-state index contributed by atoms with van der Waals surface area (Å²) in [6.45, 7) is 6.54. The molecule has 102 valence electrons. The van der Waals surface area contributed by atoms with Gasteiger partial charge in [0.2, 0.25) is 0 Å². The van der Waals surface area contributed by atoms with Crippen molar-refractivity contribution in [1.82, 2.24) is 14.9 Å². The first-order valence-electron chi connectivity index (χ1n) is 6.52. The van der Waals surface area contributed by atoms with Crippen LogP contribution in [0.5, 0.6) is 0 Å². The van der Waals surface area contributed by atoms with Gasteiger partial charge in [0.1, 0.15) is 0 Å². The third kappa shape index (κ3) is 3.22. The quantitative estimate of drug-likeness (QED) is 0.809. The molecular weight excluding hydrogens is 238 g/mol. The summed E-state index contributed by atoms with van der Waals surface area (Å²) in [4.78, 5) is 4.37. The lowest BCUT2D eigenvalue weighted by molar-refractivity contribution is 0.199. The van der Waals surface area contributed by atoms with Crippen molar-refractivity contribution >= 4 is 0 Å². The molecule has 1 aromatic carbocycles. The van der Waals surface area contributed by atoms with Gasteiger partial charge in [-0.2, -0.15) is 0 Å². The molecule has 0 bridgehead atoms. The topological polar surface area (TPSA) is 39.1 Å². The van der Waals surface area contributed by atoms with Gasteiger partial charge in [0, 0.05) is 25.9 Å². The summed E-state index contributed by atoms with van der Waals surface area (Å²) in [5.41, 5.74) is 4.70. The van der Waals surface area contributed by atoms with E-state index in [1.54, 1.807) is 7.11 Å². The van der Waals surface area contributed by atoms with E-state index in [4.69, 9.17) is 4.74 Å². The largest absolute Gasteiger partial charge is 0.383 e. The smallest absolute Gasteiger partial charge is 0.0997 e. The zero-order chi connectivity index (χ0) is 13.7. The van der Waals surface area contributed by atoms with Crippen molar-refractivity contribution in [3.63, 3.8) is 0 Å². The Bertz CT molecular complexity index is 534. The second-order valence-electron chi connectivity index (χ2n) is 4.58. The Morgan fingerprint density at radius 1 is 1.26 bits per heavy atom. The number of benzene rings is 1. The van der Waals surface area contributed by atoms with Crippen LogP contribution in [-0.4, -0.2) is 29.8 Å². The Morgan fingerprint density at radius 2 is 2.05 bits per heavy atom. The molecule has 0 radical (unpaired) electrons. The molecule has 2 aromatic rings. The zero-order valence-electron chi connectivity index (χ0n) is 11.8. The molecule has 0 aliphatic carbocycles. The first-order valence-corrected chi connectivity index (χ1v) is 6.52. The van der Waals surface area contributed by atoms with Crippen LogP contribution < -0.4 is 5.32 Å². The summed E-state index contributed by atoms with van der Waals surface area (Å²) in [6, 6.07) is 8.39. The van der Waals surface area contributed by atoms with Crippen LogP contribution in [0.1, 0.15) is 17.0 Å². The summed E-state index contributed by atoms with van der Waals surface area (Å²) < 4.78 is 7.18. The van der Waals surface area contributed by atoms with E-state index in [1.807, 2.05) is 13.3 Å². The van der Waals surface area contributed by atoms with Gasteiger partial charge in [0.05, 0.1) is 24.3 Å². The van der Waals surface area contributed by atoms with Crippen molar-refractivity contribution < 1.29 is 4.74 Å². The first kappa shape index (κ1) is 13.8. The van der Waals surface area contributed by atoms with Gasteiger partial charge in [-0.05, 0) is 25.5 Å². The minimum Gasteiger partial charge on any atom is -0.383 e. The van der Waals surface area contributed by atoms with Gasteiger partial charge < -0.3 is 14.6 Å². The highest BCUT2D eigenvalue weighted by atomic mass is 16.5. The maximum Gasteiger partial charge on any atom is 0.0997 e. The molecule has 4 nitrogen and oxygen atoms in total. The number of hydrogen-bond acceptors (Lipinski definition) is 3. The summed E-state index contributed by atoms with van der Waals surface area (Å²) >= 11 is 0. The second-order valence-corrected chi connectivity index (χ2v) is 4.58. The van der Waals surface area contributed by atoms with Crippen LogP contribution in [0.25, 0.3) is 5.69 Å². The number of nitrogens with zero attached hydrogens (tertiary/aromatic N) is 2. The van der Waals surface area contributed by atoms with Crippen LogP contribution in [0.15, 0.2) is 30.6 Å². The van der Waals surface area contributed by atoms with Gasteiger partial charge in [-0.1, -0.05) is 18.2 Å². The molecule has 0 aliphatic heterocycles. The van der Waals surface area contributed by atoms with Crippen LogP contribution in [-0.2, 0) is 11.3 Å². The standard InChI is InChI=1S/C15H21N3O/c1-12-13(2)18(11-17-12)15-7-5-4-6-14(15)10-16-8-9-19-3/h4-7,11,16H,8-10H2,1-3H3. The number of rotatable bonds is 6. The fraction of sp³-hybridized carbons (Fsp3) is 0.400. The van der Waals surface area contributed by atoms with E-state index >= 15 is 0 Å². The third-order valence-corrected chi connectivity index (χ3v) is 3.30. The van der Waals surface area contributed by atoms with E-state index in [1.165, 1.54) is 16.9 Å². The molecule has 4 heteroatoms. The number of aryl methyl sites for hydroxylation is 1. The minimum absolute atomic E-state index is 0.728. The zero-order valence-corrected chi connectivity index (χ0v) is 11.8. The predicted molar refractivity (Wildman–Crippen MR) is 76.6 cm³/mol. The van der Waals surface area contributed by atoms with Gasteiger partial charge in [-0.25, -0.2) is 4.98 Å². The van der Waals surface area contributed by atoms with Crippen LogP contribution in [0.2, 0.25) is 0 Å². The van der Waals surface area contributed by atoms with Crippen LogP contribution in [0.4, 0.5) is 0 Å². The van der Waals surface area contributed by atoms with Gasteiger partial charge >= 0.3 is 0 Å². The minimum atomic E-state index is 0.728. The number of para-hydroxylation sites is 1. The second kappa shape index (κ2) is 6.50. The molecule has 0 spiro atoms. The summed E-state index contributed by atoms with van der Waals surface area (Å²) in [5, 5.41) is 3.38. The maximum absolute atomic E-state index is 5.04. The van der Waals surface area contributed by atoms with E-state index in [2.05, 4.69) is 46.1 Å².